The fourth-order valence-corrected chi connectivity index (χ4v) is 12.3. The van der Waals surface area contributed by atoms with Crippen molar-refractivity contribution in [1.82, 2.24) is 15.3 Å². The van der Waals surface area contributed by atoms with Crippen LogP contribution < -0.4 is 5.32 Å². The van der Waals surface area contributed by atoms with Gasteiger partial charge < -0.3 is 15.5 Å². The Hall–Kier alpha value is -3.06. The van der Waals surface area contributed by atoms with Gasteiger partial charge in [-0.05, 0) is 103 Å². The van der Waals surface area contributed by atoms with Crippen LogP contribution in [-0.4, -0.2) is 44.7 Å². The number of carboxylic acids is 1. The van der Waals surface area contributed by atoms with Crippen molar-refractivity contribution < 1.29 is 19.8 Å². The van der Waals surface area contributed by atoms with Crippen molar-refractivity contribution >= 4 is 11.9 Å². The smallest absolute Gasteiger partial charge is 0.326 e. The number of aliphatic hydroxyl groups excluding tert-OH is 1. The number of hydrogen-bond acceptors (Lipinski definition) is 5. The molecule has 7 rings (SSSR count). The van der Waals surface area contributed by atoms with E-state index in [0.717, 1.165) is 74.7 Å². The van der Waals surface area contributed by atoms with Crippen LogP contribution in [-0.2, 0) is 27.8 Å². The summed E-state index contributed by atoms with van der Waals surface area (Å²) >= 11 is 0. The van der Waals surface area contributed by atoms with Crippen molar-refractivity contribution in [2.24, 2.45) is 44.8 Å². The molecule has 2 aromatic rings. The fourth-order valence-electron chi connectivity index (χ4n) is 12.3. The quantitative estimate of drug-likeness (QED) is 0.288. The van der Waals surface area contributed by atoms with E-state index in [9.17, 15) is 19.8 Å². The highest BCUT2D eigenvalue weighted by Gasteiger charge is 2.69. The first-order valence-corrected chi connectivity index (χ1v) is 18.3. The van der Waals surface area contributed by atoms with Gasteiger partial charge in [0, 0.05) is 24.2 Å². The molecule has 0 bridgehead atoms. The van der Waals surface area contributed by atoms with Gasteiger partial charge in [-0.2, -0.15) is 0 Å². The average molecular weight is 654 g/mol. The summed E-state index contributed by atoms with van der Waals surface area (Å²) in [7, 11) is 0. The predicted molar refractivity (Wildman–Crippen MR) is 186 cm³/mol. The van der Waals surface area contributed by atoms with Gasteiger partial charge >= 0.3 is 5.97 Å². The summed E-state index contributed by atoms with van der Waals surface area (Å²) in [5.41, 5.74) is 3.30. The molecule has 5 aliphatic carbocycles. The van der Waals surface area contributed by atoms with Crippen LogP contribution in [0.2, 0.25) is 0 Å². The van der Waals surface area contributed by atoms with Gasteiger partial charge in [0.1, 0.15) is 6.04 Å². The molecule has 5 aliphatic rings. The zero-order valence-corrected chi connectivity index (χ0v) is 29.8. The molecule has 7 nitrogen and oxygen atoms in total. The van der Waals surface area contributed by atoms with Crippen LogP contribution in [0.5, 0.6) is 0 Å². The second-order valence-electron chi connectivity index (χ2n) is 18.0. The standard InChI is InChI=1S/C41H55N3O4/c1-36(2)16-18-41(35(48)44-29(34(46)47)22-26-10-8-7-9-11-26)19-17-39(5)27(28(41)23-36)12-13-32-37(3)24-30-33(43-21-20-42-30)38(4,25-45)31(37)14-15-40(32,39)6/h7-12,20-21,28-29,31-32,45H,13-19,22-25H2,1-6H3,(H,44,48)(H,46,47)/t28-,29-,31+,32+,37-,38-,39+,40+,41-/m0/s1. The van der Waals surface area contributed by atoms with Gasteiger partial charge in [-0.3, -0.25) is 14.8 Å². The normalized spacial score (nSPS) is 40.1. The zero-order valence-electron chi connectivity index (χ0n) is 29.8. The monoisotopic (exact) mass is 653 g/mol. The Morgan fingerprint density at radius 3 is 2.35 bits per heavy atom. The van der Waals surface area contributed by atoms with E-state index >= 15 is 0 Å². The summed E-state index contributed by atoms with van der Waals surface area (Å²) in [5, 5.41) is 24.3. The molecule has 7 heteroatoms. The Balaban J connectivity index is 1.26. The highest BCUT2D eigenvalue weighted by molar-refractivity contribution is 5.88. The lowest BCUT2D eigenvalue weighted by Crippen LogP contribution is -2.66. The first-order valence-electron chi connectivity index (χ1n) is 18.3. The van der Waals surface area contributed by atoms with Gasteiger partial charge in [0.2, 0.25) is 5.91 Å². The second-order valence-corrected chi connectivity index (χ2v) is 18.0. The summed E-state index contributed by atoms with van der Waals surface area (Å²) < 4.78 is 0. The number of allylic oxidation sites excluding steroid dienone is 2. The maximum absolute atomic E-state index is 14.6. The summed E-state index contributed by atoms with van der Waals surface area (Å²) in [6.07, 6.45) is 14.7. The van der Waals surface area contributed by atoms with Crippen LogP contribution in [0.15, 0.2) is 54.4 Å². The number of fused-ring (bicyclic) bond motifs is 8. The number of benzene rings is 1. The highest BCUT2D eigenvalue weighted by Crippen LogP contribution is 2.75. The van der Waals surface area contributed by atoms with Crippen molar-refractivity contribution in [3.05, 3.63) is 71.3 Å². The van der Waals surface area contributed by atoms with Gasteiger partial charge in [-0.1, -0.05) is 83.5 Å². The third-order valence-corrected chi connectivity index (χ3v) is 15.2. The average Bonchev–Trinajstić information content (AvgIpc) is 3.04. The summed E-state index contributed by atoms with van der Waals surface area (Å²) in [4.78, 5) is 36.8. The molecular formula is C41H55N3O4. The number of aliphatic hydroxyl groups is 1. The largest absolute Gasteiger partial charge is 0.480 e. The summed E-state index contributed by atoms with van der Waals surface area (Å²) in [6, 6.07) is 8.64. The minimum Gasteiger partial charge on any atom is -0.480 e. The first-order chi connectivity index (χ1) is 22.6. The van der Waals surface area contributed by atoms with Crippen molar-refractivity contribution in [2.75, 3.05) is 6.61 Å². The van der Waals surface area contributed by atoms with E-state index in [0.29, 0.717) is 11.8 Å². The zero-order chi connectivity index (χ0) is 34.3. The Kier molecular flexibility index (Phi) is 7.82. The molecule has 1 aromatic heterocycles. The minimum atomic E-state index is -0.984. The summed E-state index contributed by atoms with van der Waals surface area (Å²) in [5.74, 6) is -0.273. The molecule has 0 saturated heterocycles. The lowest BCUT2D eigenvalue weighted by Gasteiger charge is -2.70. The van der Waals surface area contributed by atoms with E-state index in [-0.39, 0.29) is 46.5 Å². The molecule has 1 aromatic carbocycles. The Morgan fingerprint density at radius 2 is 1.65 bits per heavy atom. The van der Waals surface area contributed by atoms with Gasteiger partial charge in [0.05, 0.1) is 23.4 Å². The molecule has 3 N–H and O–H groups in total. The van der Waals surface area contributed by atoms with E-state index in [1.165, 1.54) is 5.57 Å². The molecule has 0 aliphatic heterocycles. The highest BCUT2D eigenvalue weighted by atomic mass is 16.4. The topological polar surface area (TPSA) is 112 Å². The molecule has 0 unspecified atom stereocenters. The van der Waals surface area contributed by atoms with Crippen LogP contribution in [0, 0.1) is 44.8 Å². The molecule has 1 amide bonds. The van der Waals surface area contributed by atoms with Crippen molar-refractivity contribution in [3.63, 3.8) is 0 Å². The van der Waals surface area contributed by atoms with E-state index in [1.807, 2.05) is 30.3 Å². The minimum absolute atomic E-state index is 0.0134. The molecule has 258 valence electrons. The lowest BCUT2D eigenvalue weighted by atomic mass is 9.33. The molecule has 3 saturated carbocycles. The van der Waals surface area contributed by atoms with Crippen molar-refractivity contribution in [3.8, 4) is 0 Å². The number of carbonyl (C=O) groups is 2. The molecule has 0 radical (unpaired) electrons. The number of aliphatic carboxylic acids is 1. The van der Waals surface area contributed by atoms with Crippen LogP contribution in [0.1, 0.15) is 110 Å². The van der Waals surface area contributed by atoms with Crippen molar-refractivity contribution in [1.29, 1.82) is 0 Å². The van der Waals surface area contributed by atoms with Gasteiger partial charge in [-0.25, -0.2) is 4.79 Å². The number of carbonyl (C=O) groups excluding carboxylic acids is 1. The number of rotatable bonds is 6. The molecule has 1 heterocycles. The fraction of sp³-hybridized carbons (Fsp3) is 0.659. The van der Waals surface area contributed by atoms with E-state index < -0.39 is 22.8 Å². The Labute approximate surface area is 286 Å². The molecule has 3 fully saturated rings. The lowest BCUT2D eigenvalue weighted by molar-refractivity contribution is -0.172. The third-order valence-electron chi connectivity index (χ3n) is 15.2. The SMILES string of the molecule is CC1(C)CC[C@]2(C(=O)N[C@@H](Cc3ccccc3)C(=O)O)CC[C@]3(C)C(=CC[C@@H]4[C@@]5(C)Cc6nccnc6[C@@](C)(CO)[C@@H]5CC[C@]43C)[C@@H]2C1. The Morgan fingerprint density at radius 1 is 0.938 bits per heavy atom. The Bertz CT molecular complexity index is 1640. The molecular weight excluding hydrogens is 598 g/mol. The van der Waals surface area contributed by atoms with E-state index in [4.69, 9.17) is 9.97 Å². The van der Waals surface area contributed by atoms with Crippen LogP contribution in [0.25, 0.3) is 0 Å². The maximum Gasteiger partial charge on any atom is 0.326 e. The molecule has 0 spiro atoms. The predicted octanol–water partition coefficient (Wildman–Crippen LogP) is 7.08. The number of hydrogen-bond donors (Lipinski definition) is 3. The van der Waals surface area contributed by atoms with Gasteiger partial charge in [-0.15, -0.1) is 0 Å². The number of aromatic nitrogens is 2. The number of amides is 1. The van der Waals surface area contributed by atoms with Gasteiger partial charge in [0.15, 0.2) is 0 Å². The van der Waals surface area contributed by atoms with E-state index in [1.54, 1.807) is 12.4 Å². The molecule has 9 atom stereocenters. The number of nitrogens with zero attached hydrogens (tertiary/aromatic N) is 2. The third kappa shape index (κ3) is 4.69. The first kappa shape index (κ1) is 33.4. The van der Waals surface area contributed by atoms with Gasteiger partial charge in [0.25, 0.3) is 0 Å². The van der Waals surface area contributed by atoms with Crippen LogP contribution in [0.4, 0.5) is 0 Å². The van der Waals surface area contributed by atoms with Crippen LogP contribution >= 0.6 is 0 Å². The summed E-state index contributed by atoms with van der Waals surface area (Å²) in [6.45, 7) is 14.5. The molecule has 48 heavy (non-hydrogen) atoms. The maximum atomic E-state index is 14.6. The van der Waals surface area contributed by atoms with Crippen molar-refractivity contribution in [2.45, 2.75) is 117 Å². The van der Waals surface area contributed by atoms with Crippen LogP contribution in [0.3, 0.4) is 0 Å². The number of carboxylic acid groups (broad SMARTS) is 1. The second kappa shape index (κ2) is 11.2. The van der Waals surface area contributed by atoms with E-state index in [2.05, 4.69) is 52.9 Å². The number of nitrogens with one attached hydrogen (secondary N) is 1.